The normalized spacial score (nSPS) is 22.5. The summed E-state index contributed by atoms with van der Waals surface area (Å²) >= 11 is 0. The first kappa shape index (κ1) is 16.5. The molecule has 1 amide bonds. The van der Waals surface area contributed by atoms with E-state index in [1.807, 2.05) is 38.7 Å². The van der Waals surface area contributed by atoms with Crippen molar-refractivity contribution in [3.8, 4) is 0 Å². The van der Waals surface area contributed by atoms with Crippen molar-refractivity contribution in [2.45, 2.75) is 65.0 Å². The zero-order valence-corrected chi connectivity index (χ0v) is 14.1. The first-order valence-corrected chi connectivity index (χ1v) is 7.76. The van der Waals surface area contributed by atoms with Crippen LogP contribution in [0.5, 0.6) is 0 Å². The topological polar surface area (TPSA) is 81.3 Å². The number of nitrogen functional groups attached to an aromatic ring is 1. The Hall–Kier alpha value is -1.85. The van der Waals surface area contributed by atoms with E-state index in [0.717, 1.165) is 24.1 Å². The first-order valence-electron chi connectivity index (χ1n) is 7.76. The molecule has 0 bridgehead atoms. The van der Waals surface area contributed by atoms with Crippen molar-refractivity contribution < 1.29 is 9.53 Å². The number of carbonyl (C=O) groups excluding carboxylic acids is 1. The van der Waals surface area contributed by atoms with Gasteiger partial charge in [-0.25, -0.2) is 4.79 Å². The van der Waals surface area contributed by atoms with Gasteiger partial charge in [0.1, 0.15) is 11.4 Å². The van der Waals surface area contributed by atoms with Gasteiger partial charge < -0.3 is 15.4 Å². The first-order chi connectivity index (χ1) is 10.2. The van der Waals surface area contributed by atoms with Crippen LogP contribution in [-0.2, 0) is 4.74 Å². The van der Waals surface area contributed by atoms with E-state index in [1.54, 1.807) is 0 Å². The molecule has 2 atom stereocenters. The number of piperidine rings is 1. The van der Waals surface area contributed by atoms with Crippen LogP contribution in [0.3, 0.4) is 0 Å². The average molecular weight is 306 g/mol. The van der Waals surface area contributed by atoms with Crippen LogP contribution in [0.15, 0.2) is 6.07 Å². The number of aromatic nitrogens is 2. The van der Waals surface area contributed by atoms with Crippen LogP contribution in [0.4, 0.5) is 10.6 Å². The van der Waals surface area contributed by atoms with E-state index in [1.165, 1.54) is 0 Å². The van der Waals surface area contributed by atoms with Crippen LogP contribution in [0.2, 0.25) is 0 Å². The van der Waals surface area contributed by atoms with Gasteiger partial charge in [-0.05, 0) is 59.1 Å². The second-order valence-electron chi connectivity index (χ2n) is 7.08. The van der Waals surface area contributed by atoms with Crippen molar-refractivity contribution in [1.29, 1.82) is 0 Å². The third kappa shape index (κ3) is 3.87. The van der Waals surface area contributed by atoms with Crippen LogP contribution in [0, 0.1) is 6.92 Å². The van der Waals surface area contributed by atoms with Crippen molar-refractivity contribution in [2.75, 3.05) is 12.3 Å². The maximum Gasteiger partial charge on any atom is 0.410 e. The highest BCUT2D eigenvalue weighted by Gasteiger charge is 2.33. The smallest absolute Gasteiger partial charge is 0.410 e. The molecule has 122 valence electrons. The molecule has 0 radical (unpaired) electrons. The highest BCUT2D eigenvalue weighted by molar-refractivity contribution is 5.68. The molecular formula is C16H26N4O2. The van der Waals surface area contributed by atoms with E-state index in [9.17, 15) is 4.79 Å². The summed E-state index contributed by atoms with van der Waals surface area (Å²) in [6.07, 6.45) is 1.49. The summed E-state index contributed by atoms with van der Waals surface area (Å²) in [6.45, 7) is 10.4. The van der Waals surface area contributed by atoms with Crippen molar-refractivity contribution in [1.82, 2.24) is 15.1 Å². The van der Waals surface area contributed by atoms with E-state index in [0.29, 0.717) is 18.3 Å². The quantitative estimate of drug-likeness (QED) is 0.862. The second kappa shape index (κ2) is 6.10. The third-order valence-corrected chi connectivity index (χ3v) is 3.93. The molecule has 1 aliphatic rings. The minimum Gasteiger partial charge on any atom is -0.444 e. The lowest BCUT2D eigenvalue weighted by molar-refractivity contribution is 0.0102. The molecular weight excluding hydrogens is 280 g/mol. The molecule has 1 aliphatic heterocycles. The number of carbonyl (C=O) groups is 1. The molecule has 0 aromatic carbocycles. The Labute approximate surface area is 132 Å². The van der Waals surface area contributed by atoms with Crippen LogP contribution in [0.25, 0.3) is 0 Å². The highest BCUT2D eigenvalue weighted by Crippen LogP contribution is 2.32. The van der Waals surface area contributed by atoms with Gasteiger partial charge in [0.25, 0.3) is 0 Å². The minimum atomic E-state index is -0.466. The lowest BCUT2D eigenvalue weighted by Gasteiger charge is -2.38. The number of hydrogen-bond donors (Lipinski definition) is 1. The third-order valence-electron chi connectivity index (χ3n) is 3.93. The molecule has 1 aromatic heterocycles. The van der Waals surface area contributed by atoms with Crippen LogP contribution in [-0.4, -0.2) is 39.4 Å². The highest BCUT2D eigenvalue weighted by atomic mass is 16.6. The summed E-state index contributed by atoms with van der Waals surface area (Å²) in [6, 6.07) is 1.97. The van der Waals surface area contributed by atoms with Gasteiger partial charge >= 0.3 is 6.09 Å². The lowest BCUT2D eigenvalue weighted by atomic mass is 9.87. The van der Waals surface area contributed by atoms with Gasteiger partial charge in [0.15, 0.2) is 0 Å². The van der Waals surface area contributed by atoms with Crippen LogP contribution in [0.1, 0.15) is 57.7 Å². The van der Waals surface area contributed by atoms with Crippen molar-refractivity contribution in [3.63, 3.8) is 0 Å². The summed E-state index contributed by atoms with van der Waals surface area (Å²) in [5.74, 6) is 0.752. The number of amides is 1. The fraction of sp³-hybridized carbons (Fsp3) is 0.688. The molecule has 2 N–H and O–H groups in total. The van der Waals surface area contributed by atoms with Gasteiger partial charge in [0, 0.05) is 18.5 Å². The van der Waals surface area contributed by atoms with Gasteiger partial charge in [-0.1, -0.05) is 0 Å². The predicted octanol–water partition coefficient (Wildman–Crippen LogP) is 2.87. The number of hydrogen-bond acceptors (Lipinski definition) is 5. The number of nitrogens with two attached hydrogens (primary N) is 1. The molecule has 6 nitrogen and oxygen atoms in total. The van der Waals surface area contributed by atoms with Gasteiger partial charge in [-0.2, -0.15) is 5.10 Å². The van der Waals surface area contributed by atoms with Gasteiger partial charge in [0.05, 0.1) is 5.69 Å². The summed E-state index contributed by atoms with van der Waals surface area (Å²) < 4.78 is 5.47. The van der Waals surface area contributed by atoms with Gasteiger partial charge in [-0.15, -0.1) is 5.10 Å². The van der Waals surface area contributed by atoms with E-state index in [-0.39, 0.29) is 12.1 Å². The lowest BCUT2D eigenvalue weighted by Crippen LogP contribution is -2.46. The van der Waals surface area contributed by atoms with Crippen molar-refractivity contribution in [2.24, 2.45) is 0 Å². The summed E-state index contributed by atoms with van der Waals surface area (Å²) in [5.41, 5.74) is 7.25. The molecule has 0 spiro atoms. The number of ether oxygens (including phenoxy) is 1. The largest absolute Gasteiger partial charge is 0.444 e. The fourth-order valence-corrected chi connectivity index (χ4v) is 2.93. The average Bonchev–Trinajstić information content (AvgIpc) is 2.36. The molecule has 1 unspecified atom stereocenters. The van der Waals surface area contributed by atoms with E-state index >= 15 is 0 Å². The zero-order valence-electron chi connectivity index (χ0n) is 14.1. The molecule has 0 aliphatic carbocycles. The number of rotatable bonds is 1. The standard InChI is InChI=1S/C16H26N4O2/c1-10-8-13(17)18-19-14(10)12-6-7-20(11(2)9-12)15(21)22-16(3,4)5/h8,11-12H,6-7,9H2,1-5H3,(H2,17,18)/t11-,12?/m1/s1. The maximum atomic E-state index is 12.2. The molecule has 0 saturated carbocycles. The Morgan fingerprint density at radius 3 is 2.64 bits per heavy atom. The van der Waals surface area contributed by atoms with Crippen molar-refractivity contribution in [3.05, 3.63) is 17.3 Å². The molecule has 2 heterocycles. The SMILES string of the molecule is Cc1cc(N)nnc1C1CCN(C(=O)OC(C)(C)C)[C@H](C)C1. The fourth-order valence-electron chi connectivity index (χ4n) is 2.93. The summed E-state index contributed by atoms with van der Waals surface area (Å²) in [7, 11) is 0. The predicted molar refractivity (Wildman–Crippen MR) is 85.6 cm³/mol. The number of aryl methyl sites for hydroxylation is 1. The monoisotopic (exact) mass is 306 g/mol. The van der Waals surface area contributed by atoms with Gasteiger partial charge in [-0.3, -0.25) is 0 Å². The van der Waals surface area contributed by atoms with Crippen molar-refractivity contribution >= 4 is 11.9 Å². The molecule has 1 fully saturated rings. The molecule has 1 aromatic rings. The number of nitrogens with zero attached hydrogens (tertiary/aromatic N) is 3. The molecule has 6 heteroatoms. The minimum absolute atomic E-state index is 0.118. The van der Waals surface area contributed by atoms with Crippen LogP contribution >= 0.6 is 0 Å². The Morgan fingerprint density at radius 1 is 1.41 bits per heavy atom. The summed E-state index contributed by atoms with van der Waals surface area (Å²) in [5, 5.41) is 8.22. The Morgan fingerprint density at radius 2 is 2.09 bits per heavy atom. The van der Waals surface area contributed by atoms with E-state index in [2.05, 4.69) is 17.1 Å². The Bertz CT molecular complexity index is 554. The number of anilines is 1. The Balaban J connectivity index is 2.05. The van der Waals surface area contributed by atoms with Gasteiger partial charge in [0.2, 0.25) is 0 Å². The maximum absolute atomic E-state index is 12.2. The molecule has 2 rings (SSSR count). The summed E-state index contributed by atoms with van der Waals surface area (Å²) in [4.78, 5) is 14.0. The zero-order chi connectivity index (χ0) is 16.5. The second-order valence-corrected chi connectivity index (χ2v) is 7.08. The molecule has 22 heavy (non-hydrogen) atoms. The molecule has 1 saturated heterocycles. The van der Waals surface area contributed by atoms with E-state index in [4.69, 9.17) is 10.5 Å². The van der Waals surface area contributed by atoms with Crippen LogP contribution < -0.4 is 5.73 Å². The van der Waals surface area contributed by atoms with E-state index < -0.39 is 5.60 Å². The Kier molecular flexibility index (Phi) is 4.58. The number of likely N-dealkylation sites (tertiary alicyclic amines) is 1.